The molecule has 21 heavy (non-hydrogen) atoms. The number of aromatic nitrogens is 1. The molecule has 0 saturated heterocycles. The van der Waals surface area contributed by atoms with Gasteiger partial charge >= 0.3 is 0 Å². The van der Waals surface area contributed by atoms with Crippen LogP contribution < -0.4 is 0 Å². The van der Waals surface area contributed by atoms with Crippen LogP contribution in [0.25, 0.3) is 10.9 Å². The van der Waals surface area contributed by atoms with Gasteiger partial charge in [0.25, 0.3) is 5.69 Å². The zero-order valence-corrected chi connectivity index (χ0v) is 11.1. The molecule has 5 nitrogen and oxygen atoms in total. The van der Waals surface area contributed by atoms with Crippen LogP contribution >= 0.6 is 0 Å². The summed E-state index contributed by atoms with van der Waals surface area (Å²) >= 11 is 0. The zero-order valence-electron chi connectivity index (χ0n) is 11.1. The van der Waals surface area contributed by atoms with E-state index in [1.165, 1.54) is 6.07 Å². The van der Waals surface area contributed by atoms with Gasteiger partial charge in [0.1, 0.15) is 0 Å². The summed E-state index contributed by atoms with van der Waals surface area (Å²) in [6, 6.07) is 16.2. The lowest BCUT2D eigenvalue weighted by Crippen LogP contribution is -2.01. The minimum absolute atomic E-state index is 0.107. The predicted molar refractivity (Wildman–Crippen MR) is 78.9 cm³/mol. The molecule has 0 bridgehead atoms. The molecule has 0 aliphatic rings. The number of rotatable bonds is 3. The van der Waals surface area contributed by atoms with Gasteiger partial charge in [-0.3, -0.25) is 10.1 Å². The number of nitriles is 1. The summed E-state index contributed by atoms with van der Waals surface area (Å²) in [6.45, 7) is 0.398. The number of hydrogen-bond donors (Lipinski definition) is 0. The molecule has 102 valence electrons. The smallest absolute Gasteiger partial charge is 0.274 e. The van der Waals surface area contributed by atoms with Gasteiger partial charge in [-0.1, -0.05) is 24.3 Å². The molecule has 3 aromatic rings. The third kappa shape index (κ3) is 2.23. The maximum atomic E-state index is 11.1. The molecule has 0 aliphatic heterocycles. The number of hydrogen-bond acceptors (Lipinski definition) is 3. The fourth-order valence-electron chi connectivity index (χ4n) is 2.46. The molecule has 0 N–H and O–H groups in total. The monoisotopic (exact) mass is 277 g/mol. The maximum Gasteiger partial charge on any atom is 0.274 e. The van der Waals surface area contributed by atoms with E-state index in [1.807, 2.05) is 29.0 Å². The Morgan fingerprint density at radius 2 is 1.95 bits per heavy atom. The van der Waals surface area contributed by atoms with Crippen LogP contribution in [0.4, 0.5) is 5.69 Å². The Morgan fingerprint density at radius 1 is 1.14 bits per heavy atom. The van der Waals surface area contributed by atoms with E-state index >= 15 is 0 Å². The van der Waals surface area contributed by atoms with Gasteiger partial charge in [-0.25, -0.2) is 0 Å². The number of para-hydroxylation sites is 1. The molecule has 3 rings (SSSR count). The minimum atomic E-state index is -0.373. The van der Waals surface area contributed by atoms with Crippen LogP contribution in [0.1, 0.15) is 11.1 Å². The summed E-state index contributed by atoms with van der Waals surface area (Å²) in [5.74, 6) is 0. The zero-order chi connectivity index (χ0) is 14.8. The average Bonchev–Trinajstić information content (AvgIpc) is 2.91. The summed E-state index contributed by atoms with van der Waals surface area (Å²) < 4.78 is 1.92. The van der Waals surface area contributed by atoms with Crippen LogP contribution in [0.2, 0.25) is 0 Å². The number of nitro benzene ring substituents is 1. The van der Waals surface area contributed by atoms with Crippen molar-refractivity contribution in [2.24, 2.45) is 0 Å². The molecule has 5 heteroatoms. The standard InChI is InChI=1S/C16H11N3O2/c17-10-12-5-3-7-16-14(12)8-9-18(16)11-13-4-1-2-6-15(13)19(20)21/h1-9H,11H2. The van der Waals surface area contributed by atoms with Crippen LogP contribution in [0.3, 0.4) is 0 Å². The second-order valence-electron chi connectivity index (χ2n) is 4.68. The number of fused-ring (bicyclic) bond motifs is 1. The van der Waals surface area contributed by atoms with Gasteiger partial charge < -0.3 is 4.57 Å². The number of nitro groups is 1. The van der Waals surface area contributed by atoms with Gasteiger partial charge in [-0.15, -0.1) is 0 Å². The SMILES string of the molecule is N#Cc1cccc2c1ccn2Cc1ccccc1[N+](=O)[O-]. The number of benzene rings is 2. The van der Waals surface area contributed by atoms with Crippen LogP contribution in [0.15, 0.2) is 54.7 Å². The highest BCUT2D eigenvalue weighted by Crippen LogP contribution is 2.24. The second kappa shape index (κ2) is 5.10. The van der Waals surface area contributed by atoms with Crippen LogP contribution in [0.5, 0.6) is 0 Å². The summed E-state index contributed by atoms with van der Waals surface area (Å²) in [5, 5.41) is 21.0. The van der Waals surface area contributed by atoms with E-state index in [0.717, 1.165) is 10.9 Å². The lowest BCUT2D eigenvalue weighted by atomic mass is 10.1. The Labute approximate surface area is 120 Å². The first-order valence-corrected chi connectivity index (χ1v) is 6.41. The van der Waals surface area contributed by atoms with E-state index in [1.54, 1.807) is 24.3 Å². The highest BCUT2D eigenvalue weighted by atomic mass is 16.6. The van der Waals surface area contributed by atoms with E-state index in [9.17, 15) is 10.1 Å². The van der Waals surface area contributed by atoms with Gasteiger partial charge in [0.05, 0.1) is 23.1 Å². The molecule has 1 heterocycles. The quantitative estimate of drug-likeness (QED) is 0.543. The molecule has 0 unspecified atom stereocenters. The Balaban J connectivity index is 2.08. The van der Waals surface area contributed by atoms with Crippen molar-refractivity contribution >= 4 is 16.6 Å². The average molecular weight is 277 g/mol. The van der Waals surface area contributed by atoms with E-state index in [4.69, 9.17) is 5.26 Å². The van der Waals surface area contributed by atoms with Gasteiger partial charge in [0, 0.05) is 28.7 Å². The maximum absolute atomic E-state index is 11.1. The van der Waals surface area contributed by atoms with E-state index in [0.29, 0.717) is 17.7 Å². The highest BCUT2D eigenvalue weighted by Gasteiger charge is 2.13. The third-order valence-electron chi connectivity index (χ3n) is 3.46. The molecule has 2 aromatic carbocycles. The van der Waals surface area contributed by atoms with Crippen molar-refractivity contribution in [1.29, 1.82) is 5.26 Å². The Bertz CT molecular complexity index is 875. The Hall–Kier alpha value is -3.13. The molecule has 0 saturated carbocycles. The van der Waals surface area contributed by atoms with Crippen molar-refractivity contribution in [3.8, 4) is 6.07 Å². The van der Waals surface area contributed by atoms with E-state index in [2.05, 4.69) is 6.07 Å². The lowest BCUT2D eigenvalue weighted by molar-refractivity contribution is -0.385. The van der Waals surface area contributed by atoms with Gasteiger partial charge in [0.2, 0.25) is 0 Å². The van der Waals surface area contributed by atoms with Gasteiger partial charge in [-0.2, -0.15) is 5.26 Å². The molecule has 0 amide bonds. The van der Waals surface area contributed by atoms with Crippen molar-refractivity contribution in [2.75, 3.05) is 0 Å². The van der Waals surface area contributed by atoms with Crippen molar-refractivity contribution in [3.05, 3.63) is 76.0 Å². The molecule has 0 aliphatic carbocycles. The van der Waals surface area contributed by atoms with Gasteiger partial charge in [0.15, 0.2) is 0 Å². The topological polar surface area (TPSA) is 71.9 Å². The Morgan fingerprint density at radius 3 is 2.71 bits per heavy atom. The van der Waals surface area contributed by atoms with E-state index < -0.39 is 0 Å². The number of nitrogens with zero attached hydrogens (tertiary/aromatic N) is 3. The largest absolute Gasteiger partial charge is 0.343 e. The van der Waals surface area contributed by atoms with E-state index in [-0.39, 0.29) is 10.6 Å². The molecule has 0 fully saturated rings. The van der Waals surface area contributed by atoms with Crippen molar-refractivity contribution in [1.82, 2.24) is 4.57 Å². The molecule has 0 atom stereocenters. The van der Waals surface area contributed by atoms with Crippen molar-refractivity contribution in [3.63, 3.8) is 0 Å². The third-order valence-corrected chi connectivity index (χ3v) is 3.46. The van der Waals surface area contributed by atoms with Crippen molar-refractivity contribution < 1.29 is 4.92 Å². The summed E-state index contributed by atoms with van der Waals surface area (Å²) in [4.78, 5) is 10.7. The van der Waals surface area contributed by atoms with Crippen LogP contribution in [0, 0.1) is 21.4 Å². The predicted octanol–water partition coefficient (Wildman–Crippen LogP) is 3.47. The molecule has 0 radical (unpaired) electrons. The first-order valence-electron chi connectivity index (χ1n) is 6.41. The lowest BCUT2D eigenvalue weighted by Gasteiger charge is -2.06. The van der Waals surface area contributed by atoms with Crippen molar-refractivity contribution in [2.45, 2.75) is 6.54 Å². The Kier molecular flexibility index (Phi) is 3.13. The van der Waals surface area contributed by atoms with Crippen LogP contribution in [-0.4, -0.2) is 9.49 Å². The molecular weight excluding hydrogens is 266 g/mol. The second-order valence-corrected chi connectivity index (χ2v) is 4.68. The molecule has 1 aromatic heterocycles. The molecule has 0 spiro atoms. The first-order chi connectivity index (χ1) is 10.2. The summed E-state index contributed by atoms with van der Waals surface area (Å²) in [6.07, 6.45) is 1.85. The fraction of sp³-hybridized carbons (Fsp3) is 0.0625. The highest BCUT2D eigenvalue weighted by molar-refractivity contribution is 5.86. The molecular formula is C16H11N3O2. The minimum Gasteiger partial charge on any atom is -0.343 e. The normalized spacial score (nSPS) is 10.4. The van der Waals surface area contributed by atoms with Gasteiger partial charge in [-0.05, 0) is 18.2 Å². The fourth-order valence-corrected chi connectivity index (χ4v) is 2.46. The summed E-state index contributed by atoms with van der Waals surface area (Å²) in [7, 11) is 0. The van der Waals surface area contributed by atoms with Crippen LogP contribution in [-0.2, 0) is 6.54 Å². The first kappa shape index (κ1) is 12.9. The summed E-state index contributed by atoms with van der Waals surface area (Å²) in [5.41, 5.74) is 2.25.